The van der Waals surface area contributed by atoms with E-state index in [4.69, 9.17) is 0 Å². The maximum Gasteiger partial charge on any atom is 0.348 e. The van der Waals surface area contributed by atoms with Crippen LogP contribution in [0.1, 0.15) is 0 Å². The molecule has 0 aromatic carbocycles. The number of carbonyl (C=O) groups is 4. The summed E-state index contributed by atoms with van der Waals surface area (Å²) in [6.07, 6.45) is 0. The van der Waals surface area contributed by atoms with E-state index >= 15 is 0 Å². The van der Waals surface area contributed by atoms with Gasteiger partial charge in [0, 0.05) is 7.05 Å². The SMILES string of the molecule is CN(N=O)C(=O)NC(N)=O.O=NNC(=O)NC(=O)NN=O. The zero-order valence-corrected chi connectivity index (χ0v) is 10.2. The molecular weight excluding hydrogens is 298 g/mol. The lowest BCUT2D eigenvalue weighted by atomic mass is 10.9. The van der Waals surface area contributed by atoms with Gasteiger partial charge in [0.2, 0.25) is 0 Å². The van der Waals surface area contributed by atoms with Crippen LogP contribution in [0, 0.1) is 14.7 Å². The molecule has 16 nitrogen and oxygen atoms in total. The van der Waals surface area contributed by atoms with Gasteiger partial charge in [0.25, 0.3) is 0 Å². The van der Waals surface area contributed by atoms with Gasteiger partial charge in [-0.2, -0.15) is 15.9 Å². The molecule has 0 fully saturated rings. The molecule has 8 amide bonds. The molecule has 6 N–H and O–H groups in total. The third-order valence-corrected chi connectivity index (χ3v) is 1.17. The Morgan fingerprint density at radius 2 is 1.33 bits per heavy atom. The Balaban J connectivity index is 0. The monoisotopic (exact) mass is 307 g/mol. The van der Waals surface area contributed by atoms with Crippen molar-refractivity contribution < 1.29 is 19.2 Å². The number of nitrogens with two attached hydrogens (primary N) is 1. The van der Waals surface area contributed by atoms with Gasteiger partial charge in [-0.1, -0.05) is 0 Å². The molecule has 0 saturated heterocycles. The van der Waals surface area contributed by atoms with E-state index in [1.54, 1.807) is 5.32 Å². The molecule has 0 aliphatic rings. The van der Waals surface area contributed by atoms with Crippen LogP contribution in [0.4, 0.5) is 19.2 Å². The van der Waals surface area contributed by atoms with Crippen molar-refractivity contribution in [1.29, 1.82) is 0 Å². The van der Waals surface area contributed by atoms with E-state index in [2.05, 4.69) is 11.0 Å². The molecular formula is C5H9N9O7. The van der Waals surface area contributed by atoms with Crippen molar-refractivity contribution in [3.05, 3.63) is 14.7 Å². The number of hydrogen-bond donors (Lipinski definition) is 5. The number of rotatable bonds is 3. The summed E-state index contributed by atoms with van der Waals surface area (Å²) in [5.74, 6) is 0. The summed E-state index contributed by atoms with van der Waals surface area (Å²) < 4.78 is 0. The van der Waals surface area contributed by atoms with Gasteiger partial charge in [-0.05, 0) is 0 Å². The molecule has 0 aliphatic carbocycles. The van der Waals surface area contributed by atoms with Gasteiger partial charge in [-0.15, -0.1) is 14.7 Å². The second kappa shape index (κ2) is 11.4. The molecule has 0 aromatic rings. The van der Waals surface area contributed by atoms with Crippen LogP contribution in [0.25, 0.3) is 0 Å². The Morgan fingerprint density at radius 3 is 1.62 bits per heavy atom. The zero-order valence-electron chi connectivity index (χ0n) is 10.2. The number of nitrogens with one attached hydrogen (secondary N) is 4. The van der Waals surface area contributed by atoms with Crippen molar-refractivity contribution >= 4 is 24.1 Å². The number of imide groups is 2. The highest BCUT2D eigenvalue weighted by molar-refractivity contribution is 5.93. The van der Waals surface area contributed by atoms with Gasteiger partial charge in [-0.3, -0.25) is 10.6 Å². The normalized spacial score (nSPS) is 7.86. The third kappa shape index (κ3) is 12.5. The van der Waals surface area contributed by atoms with Crippen molar-refractivity contribution in [2.24, 2.45) is 21.6 Å². The first-order chi connectivity index (χ1) is 9.78. The first-order valence-corrected chi connectivity index (χ1v) is 4.47. The Bertz CT molecular complexity index is 416. The van der Waals surface area contributed by atoms with Crippen LogP contribution in [0.5, 0.6) is 0 Å². The topological polar surface area (TPSA) is 234 Å². The number of primary amides is 1. The van der Waals surface area contributed by atoms with Gasteiger partial charge in [0.15, 0.2) is 0 Å². The fraction of sp³-hybridized carbons (Fsp3) is 0.200. The maximum absolute atomic E-state index is 10.4. The average molecular weight is 307 g/mol. The standard InChI is InChI=1S/C3H6N4O3.C2H3N5O4/c1-7(6-10)3(9)5-2(4)8;8-1(4-6-10)3-2(9)5-7-11/h1H3,(H3,4,5,8,9);(H3,3,4,5,8,9,10,11). The predicted molar refractivity (Wildman–Crippen MR) is 63.5 cm³/mol. The summed E-state index contributed by atoms with van der Waals surface area (Å²) >= 11 is 0. The molecule has 0 unspecified atom stereocenters. The molecule has 16 heteroatoms. The molecule has 0 aliphatic heterocycles. The molecule has 0 atom stereocenters. The van der Waals surface area contributed by atoms with E-state index in [1.807, 2.05) is 10.6 Å². The lowest BCUT2D eigenvalue weighted by Gasteiger charge is -2.04. The highest BCUT2D eigenvalue weighted by atomic mass is 16.3. The smallest absolute Gasteiger partial charge is 0.348 e. The molecule has 0 saturated carbocycles. The zero-order chi connectivity index (χ0) is 16.8. The summed E-state index contributed by atoms with van der Waals surface area (Å²) in [7, 11) is 1.09. The number of nitrogens with zero attached hydrogens (tertiary/aromatic N) is 4. The lowest BCUT2D eigenvalue weighted by Crippen LogP contribution is -2.41. The molecule has 116 valence electrons. The summed E-state index contributed by atoms with van der Waals surface area (Å²) in [5.41, 5.74) is 7.24. The Hall–Kier alpha value is -3.72. The van der Waals surface area contributed by atoms with E-state index in [-0.39, 0.29) is 0 Å². The Labute approximate surface area is 114 Å². The second-order valence-corrected chi connectivity index (χ2v) is 2.59. The van der Waals surface area contributed by atoms with Crippen molar-refractivity contribution in [2.75, 3.05) is 7.05 Å². The van der Waals surface area contributed by atoms with Crippen molar-refractivity contribution in [3.63, 3.8) is 0 Å². The van der Waals surface area contributed by atoms with Crippen LogP contribution in [0.2, 0.25) is 0 Å². The third-order valence-electron chi connectivity index (χ3n) is 1.17. The van der Waals surface area contributed by atoms with Gasteiger partial charge >= 0.3 is 24.1 Å². The van der Waals surface area contributed by atoms with Crippen LogP contribution >= 0.6 is 0 Å². The molecule has 0 spiro atoms. The molecule has 21 heavy (non-hydrogen) atoms. The quantitative estimate of drug-likeness (QED) is 0.313. The first-order valence-electron chi connectivity index (χ1n) is 4.47. The molecule has 0 radical (unpaired) electrons. The summed E-state index contributed by atoms with van der Waals surface area (Å²) in [6.45, 7) is 0. The Kier molecular flexibility index (Phi) is 10.6. The average Bonchev–Trinajstić information content (AvgIpc) is 2.38. The largest absolute Gasteiger partial charge is 0.351 e. The highest BCUT2D eigenvalue weighted by Crippen LogP contribution is 1.81. The summed E-state index contributed by atoms with van der Waals surface area (Å²) in [6, 6.07) is -4.29. The van der Waals surface area contributed by atoms with Crippen molar-refractivity contribution in [2.45, 2.75) is 0 Å². The van der Waals surface area contributed by atoms with Gasteiger partial charge in [0.1, 0.15) is 0 Å². The number of urea groups is 4. The van der Waals surface area contributed by atoms with Crippen molar-refractivity contribution in [3.8, 4) is 0 Å². The molecule has 0 rings (SSSR count). The van der Waals surface area contributed by atoms with Crippen LogP contribution in [0.15, 0.2) is 15.9 Å². The molecule has 0 bridgehead atoms. The van der Waals surface area contributed by atoms with Crippen LogP contribution < -0.4 is 27.2 Å². The van der Waals surface area contributed by atoms with Crippen LogP contribution in [-0.4, -0.2) is 36.2 Å². The molecule has 0 heterocycles. The summed E-state index contributed by atoms with van der Waals surface area (Å²) in [4.78, 5) is 69.0. The second-order valence-electron chi connectivity index (χ2n) is 2.59. The minimum absolute atomic E-state index is 0.407. The van der Waals surface area contributed by atoms with E-state index in [1.165, 1.54) is 16.2 Å². The van der Waals surface area contributed by atoms with E-state index in [0.29, 0.717) is 5.01 Å². The van der Waals surface area contributed by atoms with Gasteiger partial charge < -0.3 is 5.73 Å². The number of nitroso groups, excluding NO2 is 3. The van der Waals surface area contributed by atoms with Gasteiger partial charge in [0.05, 0.1) is 15.9 Å². The number of hydrogen-bond acceptors (Lipinski definition) is 10. The fourth-order valence-electron chi connectivity index (χ4n) is 0.465. The minimum atomic E-state index is -1.15. The van der Waals surface area contributed by atoms with Gasteiger partial charge in [-0.25, -0.2) is 19.2 Å². The Morgan fingerprint density at radius 1 is 0.905 bits per heavy atom. The fourth-order valence-corrected chi connectivity index (χ4v) is 0.465. The first kappa shape index (κ1) is 19.6. The lowest BCUT2D eigenvalue weighted by molar-refractivity contribution is 0.207. The van der Waals surface area contributed by atoms with Crippen LogP contribution in [0.3, 0.4) is 0 Å². The van der Waals surface area contributed by atoms with Crippen LogP contribution in [-0.2, 0) is 0 Å². The van der Waals surface area contributed by atoms with Crippen molar-refractivity contribution in [1.82, 2.24) is 26.5 Å². The number of carbonyl (C=O) groups excluding carboxylic acids is 4. The summed E-state index contributed by atoms with van der Waals surface area (Å²) in [5, 5.41) is 9.63. The van der Waals surface area contributed by atoms with E-state index < -0.39 is 24.1 Å². The van der Waals surface area contributed by atoms with E-state index in [0.717, 1.165) is 7.05 Å². The predicted octanol–water partition coefficient (Wildman–Crippen LogP) is -1.25. The molecule has 0 aromatic heterocycles. The minimum Gasteiger partial charge on any atom is -0.351 e. The maximum atomic E-state index is 10.4. The number of amides is 8. The highest BCUT2D eigenvalue weighted by Gasteiger charge is 2.08. The van der Waals surface area contributed by atoms with E-state index in [9.17, 15) is 33.9 Å².